The van der Waals surface area contributed by atoms with Gasteiger partial charge < -0.3 is 0 Å². The lowest BCUT2D eigenvalue weighted by Gasteiger charge is -2.15. The van der Waals surface area contributed by atoms with Crippen LogP contribution < -0.4 is 0 Å². The normalized spacial score (nSPS) is 13.3. The number of aromatic nitrogens is 3. The van der Waals surface area contributed by atoms with Crippen molar-refractivity contribution in [2.45, 2.75) is 35.9 Å². The Morgan fingerprint density at radius 1 is 1.04 bits per heavy atom. The summed E-state index contributed by atoms with van der Waals surface area (Å²) in [6.07, 6.45) is 6.14. The van der Waals surface area contributed by atoms with E-state index in [1.54, 1.807) is 24.0 Å². The van der Waals surface area contributed by atoms with Gasteiger partial charge in [0.2, 0.25) is 0 Å². The smallest absolute Gasteiger partial charge is 0.179 e. The Morgan fingerprint density at radius 2 is 1.88 bits per heavy atom. The van der Waals surface area contributed by atoms with Crippen LogP contribution in [0.4, 0.5) is 0 Å². The van der Waals surface area contributed by atoms with Gasteiger partial charge in [-0.1, -0.05) is 18.2 Å². The Labute approximate surface area is 145 Å². The molecule has 0 fully saturated rings. The molecule has 118 valence electrons. The topological polar surface area (TPSA) is 54.5 Å². The zero-order valence-corrected chi connectivity index (χ0v) is 14.0. The molecule has 24 heavy (non-hydrogen) atoms. The van der Waals surface area contributed by atoms with Crippen LogP contribution in [0, 0.1) is 11.3 Å². The minimum absolute atomic E-state index is 0.574. The first kappa shape index (κ1) is 15.0. The second kappa shape index (κ2) is 6.50. The zero-order valence-electron chi connectivity index (χ0n) is 13.1. The van der Waals surface area contributed by atoms with E-state index in [2.05, 4.69) is 39.9 Å². The molecule has 0 saturated carbocycles. The van der Waals surface area contributed by atoms with Gasteiger partial charge in [-0.3, -0.25) is 4.57 Å². The second-order valence-electron chi connectivity index (χ2n) is 5.76. The Morgan fingerprint density at radius 3 is 2.62 bits per heavy atom. The highest BCUT2D eigenvalue weighted by atomic mass is 32.2. The lowest BCUT2D eigenvalue weighted by atomic mass is 10.0. The van der Waals surface area contributed by atoms with Crippen molar-refractivity contribution in [2.75, 3.05) is 0 Å². The summed E-state index contributed by atoms with van der Waals surface area (Å²) < 4.78 is 2.26. The first-order valence-electron chi connectivity index (χ1n) is 8.05. The van der Waals surface area contributed by atoms with E-state index in [1.165, 1.54) is 24.2 Å². The summed E-state index contributed by atoms with van der Waals surface area (Å²) in [6, 6.07) is 16.2. The molecule has 1 aliphatic rings. The van der Waals surface area contributed by atoms with Crippen LogP contribution in [0.15, 0.2) is 58.8 Å². The van der Waals surface area contributed by atoms with Crippen molar-refractivity contribution >= 4 is 11.8 Å². The summed E-state index contributed by atoms with van der Waals surface area (Å²) in [7, 11) is 0. The largest absolute Gasteiger partial charge is 0.291 e. The lowest BCUT2D eigenvalue weighted by Crippen LogP contribution is -2.07. The molecule has 2 heterocycles. The average molecular weight is 332 g/mol. The van der Waals surface area contributed by atoms with E-state index >= 15 is 0 Å². The molecule has 2 aromatic heterocycles. The van der Waals surface area contributed by atoms with E-state index in [1.807, 2.05) is 12.1 Å². The fraction of sp³-hybridized carbons (Fsp3) is 0.211. The molecule has 3 aromatic rings. The van der Waals surface area contributed by atoms with Gasteiger partial charge >= 0.3 is 0 Å². The van der Waals surface area contributed by atoms with Gasteiger partial charge in [-0.05, 0) is 61.7 Å². The van der Waals surface area contributed by atoms with Crippen LogP contribution in [0.3, 0.4) is 0 Å². The highest BCUT2D eigenvalue weighted by Crippen LogP contribution is 2.33. The lowest BCUT2D eigenvalue weighted by molar-refractivity contribution is 0.654. The van der Waals surface area contributed by atoms with Gasteiger partial charge in [-0.15, -0.1) is 0 Å². The Kier molecular flexibility index (Phi) is 4.06. The van der Waals surface area contributed by atoms with Crippen LogP contribution >= 0.6 is 11.8 Å². The van der Waals surface area contributed by atoms with Gasteiger partial charge in [0.05, 0.1) is 11.3 Å². The number of hydrogen-bond donors (Lipinski definition) is 0. The highest BCUT2D eigenvalue weighted by Gasteiger charge is 2.21. The van der Waals surface area contributed by atoms with Crippen LogP contribution in [-0.4, -0.2) is 14.5 Å². The Hall–Kier alpha value is -2.58. The first-order valence-corrected chi connectivity index (χ1v) is 8.87. The molecule has 0 saturated heterocycles. The number of rotatable bonds is 3. The number of nitrogens with zero attached hydrogens (tertiary/aromatic N) is 4. The molecule has 0 radical (unpaired) electrons. The molecule has 0 spiro atoms. The average Bonchev–Trinajstić information content (AvgIpc) is 3.01. The number of hydrogen-bond acceptors (Lipinski definition) is 4. The van der Waals surface area contributed by atoms with Crippen molar-refractivity contribution in [3.8, 4) is 11.8 Å². The maximum absolute atomic E-state index is 8.91. The second-order valence-corrected chi connectivity index (χ2v) is 6.75. The van der Waals surface area contributed by atoms with Crippen LogP contribution in [0.1, 0.15) is 29.8 Å². The molecular weight excluding hydrogens is 316 g/mol. The monoisotopic (exact) mass is 332 g/mol. The van der Waals surface area contributed by atoms with E-state index in [0.29, 0.717) is 5.56 Å². The fourth-order valence-corrected chi connectivity index (χ4v) is 3.92. The van der Waals surface area contributed by atoms with E-state index in [-0.39, 0.29) is 0 Å². The van der Waals surface area contributed by atoms with Crippen molar-refractivity contribution in [3.63, 3.8) is 0 Å². The summed E-state index contributed by atoms with van der Waals surface area (Å²) in [5, 5.41) is 10.7. The van der Waals surface area contributed by atoms with Gasteiger partial charge in [0.1, 0.15) is 11.1 Å². The van der Waals surface area contributed by atoms with Crippen molar-refractivity contribution in [1.29, 1.82) is 5.26 Å². The summed E-state index contributed by atoms with van der Waals surface area (Å²) in [5.74, 6) is 0. The molecule has 4 nitrogen and oxygen atoms in total. The van der Waals surface area contributed by atoms with Crippen LogP contribution in [0.2, 0.25) is 0 Å². The zero-order chi connectivity index (χ0) is 16.4. The van der Waals surface area contributed by atoms with Gasteiger partial charge in [-0.2, -0.15) is 5.26 Å². The molecule has 0 bridgehead atoms. The van der Waals surface area contributed by atoms with Gasteiger partial charge in [0.25, 0.3) is 0 Å². The molecular formula is C19H16N4S. The quantitative estimate of drug-likeness (QED) is 0.722. The number of aryl methyl sites for hydroxylation is 1. The summed E-state index contributed by atoms with van der Waals surface area (Å²) in [5.41, 5.74) is 4.25. The summed E-state index contributed by atoms with van der Waals surface area (Å²) >= 11 is 1.55. The number of pyridine rings is 1. The van der Waals surface area contributed by atoms with Crippen molar-refractivity contribution in [2.24, 2.45) is 0 Å². The van der Waals surface area contributed by atoms with Gasteiger partial charge in [0.15, 0.2) is 5.16 Å². The number of imidazole rings is 1. The third-order valence-corrected chi connectivity index (χ3v) is 5.08. The molecule has 0 aliphatic heterocycles. The molecule has 5 heteroatoms. The number of nitriles is 1. The molecule has 1 aliphatic carbocycles. The first-order chi connectivity index (χ1) is 11.8. The predicted molar refractivity (Wildman–Crippen MR) is 93.3 cm³/mol. The molecule has 0 unspecified atom stereocenters. The maximum Gasteiger partial charge on any atom is 0.179 e. The minimum Gasteiger partial charge on any atom is -0.291 e. The molecule has 1 aromatic carbocycles. The molecule has 0 amide bonds. The van der Waals surface area contributed by atoms with Gasteiger partial charge in [-0.25, -0.2) is 9.97 Å². The standard InChI is InChI=1S/C19H16N4S/c20-12-14-10-11-18(21-13-14)24-19-22-16-8-4-5-9-17(16)23(19)15-6-2-1-3-7-15/h1-3,6-7,10-11,13H,4-5,8-9H2. The van der Waals surface area contributed by atoms with E-state index in [9.17, 15) is 0 Å². The summed E-state index contributed by atoms with van der Waals surface area (Å²) in [6.45, 7) is 0. The van der Waals surface area contributed by atoms with E-state index < -0.39 is 0 Å². The van der Waals surface area contributed by atoms with Crippen molar-refractivity contribution in [3.05, 3.63) is 65.6 Å². The SMILES string of the molecule is N#Cc1ccc(Sc2nc3c(n2-c2ccccc2)CCCC3)nc1. The van der Waals surface area contributed by atoms with Crippen LogP contribution in [0.25, 0.3) is 5.69 Å². The van der Waals surface area contributed by atoms with Crippen LogP contribution in [0.5, 0.6) is 0 Å². The van der Waals surface area contributed by atoms with E-state index in [4.69, 9.17) is 10.2 Å². The number of fused-ring (bicyclic) bond motifs is 1. The highest BCUT2D eigenvalue weighted by molar-refractivity contribution is 7.99. The van der Waals surface area contributed by atoms with E-state index in [0.717, 1.165) is 28.7 Å². The van der Waals surface area contributed by atoms with Crippen molar-refractivity contribution < 1.29 is 0 Å². The van der Waals surface area contributed by atoms with Crippen molar-refractivity contribution in [1.82, 2.24) is 14.5 Å². The Bertz CT molecular complexity index is 892. The molecule has 0 N–H and O–H groups in total. The summed E-state index contributed by atoms with van der Waals surface area (Å²) in [4.78, 5) is 9.26. The Balaban J connectivity index is 1.77. The minimum atomic E-state index is 0.574. The maximum atomic E-state index is 8.91. The van der Waals surface area contributed by atoms with Gasteiger partial charge in [0, 0.05) is 17.6 Å². The molecule has 4 rings (SSSR count). The number of para-hydroxylation sites is 1. The third-order valence-electron chi connectivity index (χ3n) is 4.18. The van der Waals surface area contributed by atoms with Crippen LogP contribution in [-0.2, 0) is 12.8 Å². The fourth-order valence-electron chi connectivity index (χ4n) is 3.03. The molecule has 0 atom stereocenters. The number of benzene rings is 1. The predicted octanol–water partition coefficient (Wildman–Crippen LogP) is 4.17. The third kappa shape index (κ3) is 2.81.